The fourth-order valence-corrected chi connectivity index (χ4v) is 0.171. The van der Waals surface area contributed by atoms with Crippen molar-refractivity contribution in [2.24, 2.45) is 0 Å². The molecule has 0 unspecified atom stereocenters. The van der Waals surface area contributed by atoms with Gasteiger partial charge >= 0.3 is 11.9 Å². The van der Waals surface area contributed by atoms with Crippen LogP contribution in [0.15, 0.2) is 0 Å². The van der Waals surface area contributed by atoms with E-state index in [0.717, 1.165) is 0 Å². The second kappa shape index (κ2) is 2.57. The van der Waals surface area contributed by atoms with Gasteiger partial charge in [0.05, 0.1) is 0 Å². The zero-order chi connectivity index (χ0) is 5.86. The van der Waals surface area contributed by atoms with Gasteiger partial charge in [-0.25, -0.2) is 9.59 Å². The van der Waals surface area contributed by atoms with Crippen molar-refractivity contribution < 1.29 is 18.5 Å². The van der Waals surface area contributed by atoms with Gasteiger partial charge in [0.1, 0.15) is 0 Å². The van der Waals surface area contributed by atoms with Gasteiger partial charge in [0.25, 0.3) is 0 Å². The summed E-state index contributed by atoms with van der Waals surface area (Å²) in [7, 11) is 0. The molecule has 40 valence electrons. The molecule has 0 aliphatic rings. The molecular formula is C2HBrO4. The number of hydrogen-bond donors (Lipinski definition) is 1. The number of carboxylic acid groups (broad SMARTS) is 1. The molecule has 0 spiro atoms. The molecule has 5 heteroatoms. The number of halogens is 1. The van der Waals surface area contributed by atoms with Crippen molar-refractivity contribution in [3.8, 4) is 0 Å². The first kappa shape index (κ1) is 6.42. The average Bonchev–Trinajstić information content (AvgIpc) is 1.65. The molecule has 0 fully saturated rings. The van der Waals surface area contributed by atoms with Gasteiger partial charge in [-0.1, -0.05) is 0 Å². The van der Waals surface area contributed by atoms with E-state index >= 15 is 0 Å². The van der Waals surface area contributed by atoms with Crippen molar-refractivity contribution in [2.75, 3.05) is 0 Å². The molecule has 4 nitrogen and oxygen atoms in total. The highest BCUT2D eigenvalue weighted by atomic mass is 79.9. The maximum atomic E-state index is 9.64. The molecule has 0 rings (SSSR count). The van der Waals surface area contributed by atoms with Gasteiger partial charge in [0, 0.05) is 0 Å². The van der Waals surface area contributed by atoms with Crippen molar-refractivity contribution in [1.29, 1.82) is 0 Å². The van der Waals surface area contributed by atoms with Crippen LogP contribution in [0.1, 0.15) is 0 Å². The van der Waals surface area contributed by atoms with E-state index in [-0.39, 0.29) is 0 Å². The van der Waals surface area contributed by atoms with Gasteiger partial charge in [-0.2, -0.15) is 0 Å². The Bertz CT molecular complexity index is 97.9. The highest BCUT2D eigenvalue weighted by Gasteiger charge is 2.09. The monoisotopic (exact) mass is 168 g/mol. The maximum Gasteiger partial charge on any atom is 0.428 e. The van der Waals surface area contributed by atoms with Gasteiger partial charge in [-0.3, -0.25) is 0 Å². The van der Waals surface area contributed by atoms with Crippen LogP contribution < -0.4 is 0 Å². The highest BCUT2D eigenvalue weighted by molar-refractivity contribution is 9.06. The first-order valence-electron chi connectivity index (χ1n) is 1.24. The lowest BCUT2D eigenvalue weighted by molar-refractivity contribution is -0.156. The highest BCUT2D eigenvalue weighted by Crippen LogP contribution is 1.83. The molecular weight excluding hydrogens is 168 g/mol. The van der Waals surface area contributed by atoms with Crippen LogP contribution in [0.3, 0.4) is 0 Å². The molecule has 0 saturated heterocycles. The first-order chi connectivity index (χ1) is 3.18. The van der Waals surface area contributed by atoms with Crippen molar-refractivity contribution in [2.45, 2.75) is 0 Å². The smallest absolute Gasteiger partial charge is 0.428 e. The van der Waals surface area contributed by atoms with Crippen LogP contribution in [0.25, 0.3) is 0 Å². The number of carbonyl (C=O) groups is 2. The standard InChI is InChI=1S/C2HBrO4/c3-7-2(6)1(4)5/h(H,4,5). The maximum absolute atomic E-state index is 9.64. The summed E-state index contributed by atoms with van der Waals surface area (Å²) in [5.74, 6) is -2.93. The van der Waals surface area contributed by atoms with Gasteiger partial charge in [0.2, 0.25) is 0 Å². The largest absolute Gasteiger partial charge is 0.473 e. The van der Waals surface area contributed by atoms with Crippen LogP contribution >= 0.6 is 16.3 Å². The summed E-state index contributed by atoms with van der Waals surface area (Å²) in [6.07, 6.45) is 0. The van der Waals surface area contributed by atoms with E-state index in [0.29, 0.717) is 0 Å². The summed E-state index contributed by atoms with van der Waals surface area (Å²) in [5, 5.41) is 7.68. The predicted octanol–water partition coefficient (Wildman–Crippen LogP) is -0.0759. The van der Waals surface area contributed by atoms with Crippen LogP contribution in [0, 0.1) is 0 Å². The summed E-state index contributed by atoms with van der Waals surface area (Å²) in [5.41, 5.74) is 0. The van der Waals surface area contributed by atoms with Crippen LogP contribution in [0.4, 0.5) is 0 Å². The van der Waals surface area contributed by atoms with E-state index in [1.807, 2.05) is 0 Å². The molecule has 0 aromatic rings. The molecule has 1 N–H and O–H groups in total. The number of carboxylic acids is 1. The van der Waals surface area contributed by atoms with Gasteiger partial charge in [0.15, 0.2) is 16.3 Å². The van der Waals surface area contributed by atoms with E-state index in [1.54, 1.807) is 0 Å². The second-order valence-electron chi connectivity index (χ2n) is 0.670. The van der Waals surface area contributed by atoms with Gasteiger partial charge in [-0.15, -0.1) is 0 Å². The summed E-state index contributed by atoms with van der Waals surface area (Å²) in [4.78, 5) is 19.1. The number of carbonyl (C=O) groups excluding carboxylic acids is 1. The first-order valence-corrected chi connectivity index (χ1v) is 1.89. The Morgan fingerprint density at radius 1 is 1.57 bits per heavy atom. The number of hydrogen-bond acceptors (Lipinski definition) is 3. The van der Waals surface area contributed by atoms with Crippen LogP contribution in [0.2, 0.25) is 0 Å². The second-order valence-corrected chi connectivity index (χ2v) is 0.994. The third kappa shape index (κ3) is 2.16. The molecule has 0 amide bonds. The zero-order valence-corrected chi connectivity index (χ0v) is 4.64. The topological polar surface area (TPSA) is 63.6 Å². The molecule has 0 aromatic carbocycles. The molecule has 0 aromatic heterocycles. The van der Waals surface area contributed by atoms with Gasteiger partial charge < -0.3 is 8.93 Å². The molecule has 7 heavy (non-hydrogen) atoms. The summed E-state index contributed by atoms with van der Waals surface area (Å²) >= 11 is 2.18. The average molecular weight is 169 g/mol. The van der Waals surface area contributed by atoms with Crippen molar-refractivity contribution in [3.05, 3.63) is 0 Å². The van der Waals surface area contributed by atoms with Crippen molar-refractivity contribution in [3.63, 3.8) is 0 Å². The number of rotatable bonds is 0. The van der Waals surface area contributed by atoms with Gasteiger partial charge in [-0.05, 0) is 0 Å². The quantitative estimate of drug-likeness (QED) is 0.515. The molecule has 0 bridgehead atoms. The fraction of sp³-hybridized carbons (Fsp3) is 0. The van der Waals surface area contributed by atoms with E-state index in [4.69, 9.17) is 5.11 Å². The zero-order valence-electron chi connectivity index (χ0n) is 3.05. The van der Waals surface area contributed by atoms with E-state index in [2.05, 4.69) is 20.1 Å². The van der Waals surface area contributed by atoms with Crippen LogP contribution in [-0.2, 0) is 13.4 Å². The Morgan fingerprint density at radius 2 is 2.00 bits per heavy atom. The van der Waals surface area contributed by atoms with Crippen LogP contribution in [-0.4, -0.2) is 17.0 Å². The lowest BCUT2D eigenvalue weighted by atomic mass is 10.7. The summed E-state index contributed by atoms with van der Waals surface area (Å²) < 4.78 is 3.59. The molecule has 0 aliphatic heterocycles. The Balaban J connectivity index is 3.58. The number of aliphatic carboxylic acids is 1. The van der Waals surface area contributed by atoms with Crippen molar-refractivity contribution >= 4 is 28.2 Å². The van der Waals surface area contributed by atoms with E-state index in [1.165, 1.54) is 0 Å². The lowest BCUT2D eigenvalue weighted by Gasteiger charge is -1.81. The fourth-order valence-electron chi connectivity index (χ4n) is 0.0330. The summed E-state index contributed by atoms with van der Waals surface area (Å²) in [6, 6.07) is 0. The third-order valence-electron chi connectivity index (χ3n) is 0.245. The molecule has 0 aliphatic carbocycles. The summed E-state index contributed by atoms with van der Waals surface area (Å²) in [6.45, 7) is 0. The lowest BCUT2D eigenvalue weighted by Crippen LogP contribution is -2.10. The SMILES string of the molecule is O=C(O)C(=O)OBr. The third-order valence-corrected chi connectivity index (χ3v) is 0.539. The molecule has 0 heterocycles. The Morgan fingerprint density at radius 3 is 2.00 bits per heavy atom. The minimum Gasteiger partial charge on any atom is -0.473 e. The Labute approximate surface area is 47.5 Å². The minimum atomic E-state index is -1.61. The molecule has 0 atom stereocenters. The normalized spacial score (nSPS) is 7.57. The molecule has 0 saturated carbocycles. The van der Waals surface area contributed by atoms with E-state index < -0.39 is 11.9 Å². The predicted molar refractivity (Wildman–Crippen MR) is 22.7 cm³/mol. The van der Waals surface area contributed by atoms with E-state index in [9.17, 15) is 9.59 Å². The Kier molecular flexibility index (Phi) is 2.36. The minimum absolute atomic E-state index is 1.32. The molecule has 0 radical (unpaired) electrons. The van der Waals surface area contributed by atoms with Crippen LogP contribution in [0.5, 0.6) is 0 Å². The Hall–Kier alpha value is -0.580. The van der Waals surface area contributed by atoms with Crippen molar-refractivity contribution in [1.82, 2.24) is 0 Å².